The van der Waals surface area contributed by atoms with Gasteiger partial charge in [-0.1, -0.05) is 51.4 Å². The average molecular weight is 400 g/mol. The number of hydrogen-bond donors (Lipinski definition) is 2. The molecule has 0 aliphatic carbocycles. The van der Waals surface area contributed by atoms with Crippen LogP contribution in [-0.4, -0.2) is 36.0 Å². The zero-order chi connectivity index (χ0) is 20.6. The lowest BCUT2D eigenvalue weighted by Crippen LogP contribution is -2.37. The highest BCUT2D eigenvalue weighted by molar-refractivity contribution is 6.30. The maximum atomic E-state index is 12.1. The van der Waals surface area contributed by atoms with Crippen LogP contribution >= 0.6 is 11.6 Å². The summed E-state index contributed by atoms with van der Waals surface area (Å²) in [6.45, 7) is 6.93. The monoisotopic (exact) mass is 399 g/mol. The van der Waals surface area contributed by atoms with Crippen molar-refractivity contribution in [3.05, 3.63) is 34.9 Å². The van der Waals surface area contributed by atoms with E-state index in [0.717, 1.165) is 5.56 Å². The van der Waals surface area contributed by atoms with Crippen molar-refractivity contribution in [3.63, 3.8) is 0 Å². The number of rotatable bonds is 9. The number of carbonyl (C=O) groups excluding carboxylic acids is 2. The van der Waals surface area contributed by atoms with Crippen LogP contribution in [0.15, 0.2) is 24.3 Å². The van der Waals surface area contributed by atoms with Gasteiger partial charge in [0.2, 0.25) is 0 Å². The number of nitrogens with one attached hydrogen (secondary N) is 1. The minimum absolute atomic E-state index is 0.0513. The first-order valence-corrected chi connectivity index (χ1v) is 9.10. The van der Waals surface area contributed by atoms with Crippen molar-refractivity contribution in [3.8, 4) is 0 Å². The van der Waals surface area contributed by atoms with E-state index in [1.54, 1.807) is 52.0 Å². The van der Waals surface area contributed by atoms with Crippen molar-refractivity contribution in [2.75, 3.05) is 6.54 Å². The minimum atomic E-state index is -1.02. The number of aliphatic carboxylic acids is 1. The number of carboxylic acids is 1. The standard InChI is InChI=1S/C19H26ClNO6/c1-11(2)17(24)26-18(12(3)4)27-19(25)21-10-14(9-16(22)23)13-5-7-15(20)8-6-13/h5-8,11-12,14,18H,9-10H2,1-4H3,(H,21,25)(H,22,23)/t14-,18?/m0/s1. The van der Waals surface area contributed by atoms with Crippen molar-refractivity contribution >= 4 is 29.6 Å². The molecule has 7 nitrogen and oxygen atoms in total. The molecule has 0 saturated heterocycles. The molecule has 0 fully saturated rings. The Morgan fingerprint density at radius 2 is 1.67 bits per heavy atom. The molecule has 0 aromatic heterocycles. The Morgan fingerprint density at radius 3 is 2.15 bits per heavy atom. The number of benzene rings is 1. The third kappa shape index (κ3) is 8.30. The number of alkyl carbamates (subject to hydrolysis) is 1. The van der Waals surface area contributed by atoms with E-state index in [9.17, 15) is 14.4 Å². The van der Waals surface area contributed by atoms with E-state index in [1.807, 2.05) is 0 Å². The van der Waals surface area contributed by atoms with Gasteiger partial charge in [-0.3, -0.25) is 9.59 Å². The van der Waals surface area contributed by atoms with E-state index in [2.05, 4.69) is 5.32 Å². The predicted octanol–water partition coefficient (Wildman–Crippen LogP) is 3.81. The number of esters is 1. The number of carbonyl (C=O) groups is 3. The largest absolute Gasteiger partial charge is 0.481 e. The first-order valence-electron chi connectivity index (χ1n) is 8.72. The third-order valence-electron chi connectivity index (χ3n) is 3.73. The van der Waals surface area contributed by atoms with Gasteiger partial charge in [0.25, 0.3) is 6.29 Å². The molecule has 1 aromatic carbocycles. The summed E-state index contributed by atoms with van der Waals surface area (Å²) in [5.74, 6) is -2.49. The fraction of sp³-hybridized carbons (Fsp3) is 0.526. The SMILES string of the molecule is CC(C)C(=O)OC(OC(=O)NC[C@H](CC(=O)O)c1ccc(Cl)cc1)C(C)C. The molecule has 1 amide bonds. The Balaban J connectivity index is 2.70. The Bertz CT molecular complexity index is 644. The van der Waals surface area contributed by atoms with Crippen LogP contribution in [0.2, 0.25) is 5.02 Å². The van der Waals surface area contributed by atoms with Gasteiger partial charge in [0, 0.05) is 23.4 Å². The first-order chi connectivity index (χ1) is 12.6. The van der Waals surface area contributed by atoms with E-state index in [-0.39, 0.29) is 24.8 Å². The normalized spacial score (nSPS) is 13.1. The van der Waals surface area contributed by atoms with Crippen LogP contribution in [-0.2, 0) is 19.1 Å². The summed E-state index contributed by atoms with van der Waals surface area (Å²) in [6.07, 6.45) is -1.97. The number of halogens is 1. The van der Waals surface area contributed by atoms with Gasteiger partial charge in [-0.05, 0) is 17.7 Å². The molecule has 0 bridgehead atoms. The van der Waals surface area contributed by atoms with Gasteiger partial charge >= 0.3 is 18.0 Å². The molecular formula is C19H26ClNO6. The number of hydrogen-bond acceptors (Lipinski definition) is 5. The fourth-order valence-electron chi connectivity index (χ4n) is 2.15. The van der Waals surface area contributed by atoms with Crippen LogP contribution in [0.1, 0.15) is 45.6 Å². The highest BCUT2D eigenvalue weighted by Crippen LogP contribution is 2.21. The number of amides is 1. The van der Waals surface area contributed by atoms with Crippen molar-refractivity contribution in [1.29, 1.82) is 0 Å². The van der Waals surface area contributed by atoms with E-state index in [0.29, 0.717) is 5.02 Å². The summed E-state index contributed by atoms with van der Waals surface area (Å²) in [6, 6.07) is 6.74. The van der Waals surface area contributed by atoms with Crippen molar-refractivity contribution < 1.29 is 29.0 Å². The molecule has 0 aliphatic heterocycles. The van der Waals surface area contributed by atoms with Gasteiger partial charge in [-0.15, -0.1) is 0 Å². The van der Waals surface area contributed by atoms with Gasteiger partial charge in [-0.25, -0.2) is 4.79 Å². The Hall–Kier alpha value is -2.28. The lowest BCUT2D eigenvalue weighted by Gasteiger charge is -2.23. The first kappa shape index (κ1) is 22.8. The summed E-state index contributed by atoms with van der Waals surface area (Å²) in [5, 5.41) is 12.2. The molecule has 0 spiro atoms. The molecule has 2 N–H and O–H groups in total. The van der Waals surface area contributed by atoms with Crippen LogP contribution in [0.3, 0.4) is 0 Å². The number of ether oxygens (including phenoxy) is 2. The van der Waals surface area contributed by atoms with Gasteiger partial charge in [0.1, 0.15) is 0 Å². The molecule has 0 heterocycles. The van der Waals surface area contributed by atoms with Gasteiger partial charge in [0.05, 0.1) is 12.3 Å². The molecule has 1 aromatic rings. The van der Waals surface area contributed by atoms with Gasteiger partial charge < -0.3 is 19.9 Å². The van der Waals surface area contributed by atoms with E-state index in [4.69, 9.17) is 26.2 Å². The highest BCUT2D eigenvalue weighted by Gasteiger charge is 2.25. The third-order valence-corrected chi connectivity index (χ3v) is 3.98. The second-order valence-corrected chi connectivity index (χ2v) is 7.27. The Labute approximate surface area is 164 Å². The maximum Gasteiger partial charge on any atom is 0.410 e. The zero-order valence-electron chi connectivity index (χ0n) is 15.9. The van der Waals surface area contributed by atoms with Crippen molar-refractivity contribution in [1.82, 2.24) is 5.32 Å². The lowest BCUT2D eigenvalue weighted by atomic mass is 9.96. The Kier molecular flexibility index (Phi) is 9.08. The van der Waals surface area contributed by atoms with E-state index in [1.165, 1.54) is 0 Å². The summed E-state index contributed by atoms with van der Waals surface area (Å²) in [7, 11) is 0. The molecule has 0 radical (unpaired) electrons. The summed E-state index contributed by atoms with van der Waals surface area (Å²) in [5.41, 5.74) is 0.730. The fourth-order valence-corrected chi connectivity index (χ4v) is 2.28. The smallest absolute Gasteiger partial charge is 0.410 e. The average Bonchev–Trinajstić information content (AvgIpc) is 2.58. The molecule has 1 rings (SSSR count). The minimum Gasteiger partial charge on any atom is -0.481 e. The summed E-state index contributed by atoms with van der Waals surface area (Å²) < 4.78 is 10.4. The maximum absolute atomic E-state index is 12.1. The molecule has 2 atom stereocenters. The quantitative estimate of drug-likeness (QED) is 0.483. The van der Waals surface area contributed by atoms with E-state index >= 15 is 0 Å². The number of carboxylic acid groups (broad SMARTS) is 1. The van der Waals surface area contributed by atoms with Gasteiger partial charge in [-0.2, -0.15) is 0 Å². The van der Waals surface area contributed by atoms with Crippen LogP contribution in [0.4, 0.5) is 4.79 Å². The van der Waals surface area contributed by atoms with Crippen molar-refractivity contribution in [2.45, 2.75) is 46.3 Å². The molecule has 1 unspecified atom stereocenters. The molecule has 8 heteroatoms. The molecule has 150 valence electrons. The molecule has 0 aliphatic rings. The summed E-state index contributed by atoms with van der Waals surface area (Å²) >= 11 is 5.85. The van der Waals surface area contributed by atoms with E-state index < -0.39 is 30.2 Å². The lowest BCUT2D eigenvalue weighted by molar-refractivity contribution is -0.178. The highest BCUT2D eigenvalue weighted by atomic mass is 35.5. The summed E-state index contributed by atoms with van der Waals surface area (Å²) in [4.78, 5) is 34.9. The van der Waals surface area contributed by atoms with Crippen LogP contribution in [0.5, 0.6) is 0 Å². The van der Waals surface area contributed by atoms with Gasteiger partial charge in [0.15, 0.2) is 0 Å². The predicted molar refractivity (Wildman–Crippen MR) is 100 cm³/mol. The topological polar surface area (TPSA) is 102 Å². The van der Waals surface area contributed by atoms with Crippen LogP contribution < -0.4 is 5.32 Å². The molecular weight excluding hydrogens is 374 g/mol. The Morgan fingerprint density at radius 1 is 1.07 bits per heavy atom. The second-order valence-electron chi connectivity index (χ2n) is 6.84. The zero-order valence-corrected chi connectivity index (χ0v) is 16.7. The molecule has 0 saturated carbocycles. The van der Waals surface area contributed by atoms with Crippen molar-refractivity contribution in [2.24, 2.45) is 11.8 Å². The van der Waals surface area contributed by atoms with Crippen LogP contribution in [0, 0.1) is 11.8 Å². The molecule has 27 heavy (non-hydrogen) atoms. The second kappa shape index (κ2) is 10.8. The van der Waals surface area contributed by atoms with Crippen LogP contribution in [0.25, 0.3) is 0 Å².